The Kier molecular flexibility index (Phi) is 5.06. The molecular weight excluding hydrogens is 440 g/mol. The van der Waals surface area contributed by atoms with Gasteiger partial charge in [0.2, 0.25) is 0 Å². The van der Waals surface area contributed by atoms with E-state index in [0.29, 0.717) is 28.0 Å². The SMILES string of the molecule is COc1ccc([C@@H]2[C@@H](C(=O)C(C)(C)C)N3C=C(C#N)C=C[C@H]3C23C(=O)c2ccccc2C3=O)cc1. The van der Waals surface area contributed by atoms with E-state index in [1.165, 1.54) is 0 Å². The minimum atomic E-state index is -1.53. The van der Waals surface area contributed by atoms with Gasteiger partial charge in [0.25, 0.3) is 0 Å². The normalized spacial score (nSPS) is 24.1. The van der Waals surface area contributed by atoms with Crippen molar-refractivity contribution in [3.8, 4) is 11.8 Å². The Bertz CT molecular complexity index is 1320. The van der Waals surface area contributed by atoms with Gasteiger partial charge in [-0.15, -0.1) is 0 Å². The number of hydrogen-bond donors (Lipinski definition) is 0. The average molecular weight is 467 g/mol. The molecule has 2 aliphatic heterocycles. The molecule has 0 amide bonds. The Hall–Kier alpha value is -3.98. The molecular formula is C29H26N2O4. The van der Waals surface area contributed by atoms with Gasteiger partial charge in [-0.3, -0.25) is 14.4 Å². The predicted molar refractivity (Wildman–Crippen MR) is 130 cm³/mol. The molecule has 3 aliphatic rings. The molecule has 0 N–H and O–H groups in total. The molecule has 0 saturated carbocycles. The number of rotatable bonds is 3. The fourth-order valence-electron chi connectivity index (χ4n) is 5.86. The van der Waals surface area contributed by atoms with Crippen LogP contribution in [0.1, 0.15) is 53.0 Å². The first-order chi connectivity index (χ1) is 16.7. The van der Waals surface area contributed by atoms with Crippen LogP contribution in [-0.4, -0.2) is 41.4 Å². The van der Waals surface area contributed by atoms with Crippen molar-refractivity contribution in [1.29, 1.82) is 5.26 Å². The molecule has 2 aromatic rings. The summed E-state index contributed by atoms with van der Waals surface area (Å²) in [4.78, 5) is 44.3. The topological polar surface area (TPSA) is 87.5 Å². The average Bonchev–Trinajstić information content (AvgIpc) is 3.28. The van der Waals surface area contributed by atoms with E-state index in [9.17, 15) is 19.6 Å². The van der Waals surface area contributed by atoms with E-state index in [1.54, 1.807) is 66.8 Å². The number of nitrogens with zero attached hydrogens (tertiary/aromatic N) is 2. The number of allylic oxidation sites excluding steroid dienone is 2. The zero-order valence-corrected chi connectivity index (χ0v) is 20.1. The second-order valence-electron chi connectivity index (χ2n) is 10.3. The first-order valence-electron chi connectivity index (χ1n) is 11.6. The van der Waals surface area contributed by atoms with Crippen LogP contribution in [0.4, 0.5) is 0 Å². The van der Waals surface area contributed by atoms with Crippen LogP contribution in [0.15, 0.2) is 72.5 Å². The van der Waals surface area contributed by atoms with Crippen molar-refractivity contribution in [2.45, 2.75) is 38.8 Å². The van der Waals surface area contributed by atoms with E-state index in [1.807, 2.05) is 32.9 Å². The fraction of sp³-hybridized carbons (Fsp3) is 0.310. The summed E-state index contributed by atoms with van der Waals surface area (Å²) in [6.07, 6.45) is 5.02. The lowest BCUT2D eigenvalue weighted by molar-refractivity contribution is -0.130. The lowest BCUT2D eigenvalue weighted by Gasteiger charge is -2.34. The summed E-state index contributed by atoms with van der Waals surface area (Å²) >= 11 is 0. The molecule has 6 nitrogen and oxygen atoms in total. The molecule has 0 radical (unpaired) electrons. The minimum absolute atomic E-state index is 0.0967. The van der Waals surface area contributed by atoms with Gasteiger partial charge in [-0.25, -0.2) is 0 Å². The predicted octanol–water partition coefficient (Wildman–Crippen LogP) is 4.49. The smallest absolute Gasteiger partial charge is 0.180 e. The highest BCUT2D eigenvalue weighted by atomic mass is 16.5. The summed E-state index contributed by atoms with van der Waals surface area (Å²) in [6.45, 7) is 5.51. The Morgan fingerprint density at radius 1 is 1.03 bits per heavy atom. The molecule has 0 bridgehead atoms. The van der Waals surface area contributed by atoms with Crippen molar-refractivity contribution >= 4 is 17.3 Å². The van der Waals surface area contributed by atoms with Gasteiger partial charge in [0.1, 0.15) is 17.2 Å². The largest absolute Gasteiger partial charge is 0.497 e. The van der Waals surface area contributed by atoms with Crippen LogP contribution in [0.2, 0.25) is 0 Å². The van der Waals surface area contributed by atoms with Crippen LogP contribution in [0.3, 0.4) is 0 Å². The highest BCUT2D eigenvalue weighted by Crippen LogP contribution is 2.60. The van der Waals surface area contributed by atoms with Crippen molar-refractivity contribution in [1.82, 2.24) is 4.90 Å². The number of hydrogen-bond acceptors (Lipinski definition) is 6. The molecule has 2 aromatic carbocycles. The maximum Gasteiger partial charge on any atom is 0.180 e. The zero-order chi connectivity index (χ0) is 25.1. The fourth-order valence-corrected chi connectivity index (χ4v) is 5.86. The van der Waals surface area contributed by atoms with Crippen molar-refractivity contribution in [3.63, 3.8) is 0 Å². The third kappa shape index (κ3) is 3.04. The standard InChI is InChI=1S/C29H26N2O4/c1-28(2,3)27(34)24-23(18-10-12-19(35-4)13-11-18)29(22-14-9-17(15-30)16-31(22)24)25(32)20-7-5-6-8-21(20)26(29)33/h5-14,16,22-24H,1-4H3/t22-,23+,24-/m0/s1. The van der Waals surface area contributed by atoms with E-state index in [4.69, 9.17) is 4.74 Å². The third-order valence-electron chi connectivity index (χ3n) is 7.44. The van der Waals surface area contributed by atoms with E-state index < -0.39 is 28.8 Å². The molecule has 2 heterocycles. The van der Waals surface area contributed by atoms with Crippen molar-refractivity contribution in [3.05, 3.63) is 89.1 Å². The Morgan fingerprint density at radius 2 is 1.63 bits per heavy atom. The molecule has 6 heteroatoms. The number of carbonyl (C=O) groups excluding carboxylic acids is 3. The second kappa shape index (κ2) is 7.78. The number of ketones is 3. The van der Waals surface area contributed by atoms with Crippen LogP contribution in [0.5, 0.6) is 5.75 Å². The lowest BCUT2D eigenvalue weighted by Crippen LogP contribution is -2.47. The molecule has 0 aromatic heterocycles. The molecule has 35 heavy (non-hydrogen) atoms. The number of ether oxygens (including phenoxy) is 1. The van der Waals surface area contributed by atoms with Gasteiger partial charge in [-0.2, -0.15) is 5.26 Å². The molecule has 1 fully saturated rings. The summed E-state index contributed by atoms with van der Waals surface area (Å²) < 4.78 is 5.33. The number of nitriles is 1. The Balaban J connectivity index is 1.83. The van der Waals surface area contributed by atoms with Crippen LogP contribution < -0.4 is 4.74 Å². The first-order valence-corrected chi connectivity index (χ1v) is 11.6. The second-order valence-corrected chi connectivity index (χ2v) is 10.3. The van der Waals surface area contributed by atoms with Crippen molar-refractivity contribution < 1.29 is 19.1 Å². The summed E-state index contributed by atoms with van der Waals surface area (Å²) in [5, 5.41) is 9.61. The van der Waals surface area contributed by atoms with Gasteiger partial charge in [0, 0.05) is 28.7 Å². The van der Waals surface area contributed by atoms with E-state index in [0.717, 1.165) is 0 Å². The van der Waals surface area contributed by atoms with Crippen LogP contribution >= 0.6 is 0 Å². The van der Waals surface area contributed by atoms with Crippen molar-refractivity contribution in [2.24, 2.45) is 10.8 Å². The Morgan fingerprint density at radius 3 is 2.14 bits per heavy atom. The molecule has 1 saturated heterocycles. The summed E-state index contributed by atoms with van der Waals surface area (Å²) in [5.74, 6) is -0.777. The van der Waals surface area contributed by atoms with Crippen molar-refractivity contribution in [2.75, 3.05) is 7.11 Å². The lowest BCUT2D eigenvalue weighted by atomic mass is 9.63. The zero-order valence-electron chi connectivity index (χ0n) is 20.1. The third-order valence-corrected chi connectivity index (χ3v) is 7.44. The van der Waals surface area contributed by atoms with E-state index >= 15 is 0 Å². The number of Topliss-reactive ketones (excluding diaryl/α,β-unsaturated/α-hetero) is 3. The molecule has 5 rings (SSSR count). The monoisotopic (exact) mass is 466 g/mol. The van der Waals surface area contributed by atoms with Gasteiger partial charge in [0.15, 0.2) is 17.3 Å². The number of methoxy groups -OCH3 is 1. The van der Waals surface area contributed by atoms with Crippen LogP contribution in [0, 0.1) is 22.2 Å². The summed E-state index contributed by atoms with van der Waals surface area (Å²) in [5.41, 5.74) is -0.444. The molecule has 3 atom stereocenters. The number of carbonyl (C=O) groups is 3. The summed E-state index contributed by atoms with van der Waals surface area (Å²) in [7, 11) is 1.57. The quantitative estimate of drug-likeness (QED) is 0.620. The molecule has 1 aliphatic carbocycles. The van der Waals surface area contributed by atoms with Gasteiger partial charge in [-0.1, -0.05) is 63.2 Å². The van der Waals surface area contributed by atoms with Gasteiger partial charge in [0.05, 0.1) is 24.8 Å². The molecule has 1 spiro atoms. The number of benzene rings is 2. The van der Waals surface area contributed by atoms with Gasteiger partial charge < -0.3 is 9.64 Å². The van der Waals surface area contributed by atoms with Crippen LogP contribution in [0.25, 0.3) is 0 Å². The first kappa shape index (κ1) is 22.8. The maximum absolute atomic E-state index is 14.3. The Labute approximate surface area is 204 Å². The minimum Gasteiger partial charge on any atom is -0.497 e. The highest BCUT2D eigenvalue weighted by molar-refractivity contribution is 6.31. The maximum atomic E-state index is 14.3. The number of fused-ring (bicyclic) bond motifs is 3. The summed E-state index contributed by atoms with van der Waals surface area (Å²) in [6, 6.07) is 14.7. The van der Waals surface area contributed by atoms with E-state index in [-0.39, 0.29) is 17.3 Å². The highest BCUT2D eigenvalue weighted by Gasteiger charge is 2.71. The van der Waals surface area contributed by atoms with Gasteiger partial charge >= 0.3 is 0 Å². The van der Waals surface area contributed by atoms with E-state index in [2.05, 4.69) is 6.07 Å². The van der Waals surface area contributed by atoms with Gasteiger partial charge in [-0.05, 0) is 23.8 Å². The molecule has 176 valence electrons. The van der Waals surface area contributed by atoms with Crippen LogP contribution in [-0.2, 0) is 4.79 Å². The molecule has 0 unspecified atom stereocenters.